The number of carbonyl (C=O) groups excluding carboxylic acids is 1. The topological polar surface area (TPSA) is 73.4 Å². The smallest absolute Gasteiger partial charge is 0.252 e. The van der Waals surface area contributed by atoms with Gasteiger partial charge in [0.25, 0.3) is 5.91 Å². The van der Waals surface area contributed by atoms with Crippen molar-refractivity contribution in [2.45, 2.75) is 6.92 Å². The van der Waals surface area contributed by atoms with Gasteiger partial charge in [0.2, 0.25) is 5.75 Å². The molecule has 0 spiro atoms. The number of hydrogen-bond acceptors (Lipinski definition) is 8. The first kappa shape index (κ1) is 25.3. The Labute approximate surface area is 204 Å². The molecule has 0 saturated heterocycles. The molecule has 0 saturated carbocycles. The van der Waals surface area contributed by atoms with E-state index in [1.807, 2.05) is 44.1 Å². The molecule has 9 heteroatoms. The SMILES string of the molecule is CCOc1cccc2sc(N(CCN(C)C)C(=O)C=Cc3cc(OC)c(OC)c(OC)c3)nc12. The summed E-state index contributed by atoms with van der Waals surface area (Å²) in [6.45, 7) is 3.67. The number of amides is 1. The summed E-state index contributed by atoms with van der Waals surface area (Å²) in [5.41, 5.74) is 1.51. The monoisotopic (exact) mass is 485 g/mol. The number of anilines is 1. The minimum Gasteiger partial charge on any atom is -0.493 e. The van der Waals surface area contributed by atoms with Crippen LogP contribution in [-0.2, 0) is 4.79 Å². The number of para-hydroxylation sites is 1. The second-order valence-corrected chi connectivity index (χ2v) is 8.63. The van der Waals surface area contributed by atoms with Gasteiger partial charge in [0.05, 0.1) is 32.6 Å². The van der Waals surface area contributed by atoms with Gasteiger partial charge in [-0.1, -0.05) is 17.4 Å². The predicted octanol–water partition coefficient (Wildman–Crippen LogP) is 4.33. The highest BCUT2D eigenvalue weighted by Gasteiger charge is 2.20. The summed E-state index contributed by atoms with van der Waals surface area (Å²) >= 11 is 1.47. The van der Waals surface area contributed by atoms with Crippen molar-refractivity contribution in [2.24, 2.45) is 0 Å². The molecule has 0 unspecified atom stereocenters. The van der Waals surface area contributed by atoms with Gasteiger partial charge in [-0.3, -0.25) is 9.69 Å². The quantitative estimate of drug-likeness (QED) is 0.374. The van der Waals surface area contributed by atoms with Gasteiger partial charge in [0, 0.05) is 19.2 Å². The van der Waals surface area contributed by atoms with Crippen LogP contribution in [0.4, 0.5) is 5.13 Å². The number of benzene rings is 2. The van der Waals surface area contributed by atoms with Crippen molar-refractivity contribution < 1.29 is 23.7 Å². The van der Waals surface area contributed by atoms with Crippen LogP contribution in [0, 0.1) is 0 Å². The average Bonchev–Trinajstić information content (AvgIpc) is 3.27. The molecular weight excluding hydrogens is 454 g/mol. The van der Waals surface area contributed by atoms with Gasteiger partial charge >= 0.3 is 0 Å². The van der Waals surface area contributed by atoms with E-state index < -0.39 is 0 Å². The van der Waals surface area contributed by atoms with Crippen LogP contribution in [0.5, 0.6) is 23.0 Å². The third kappa shape index (κ3) is 5.78. The van der Waals surface area contributed by atoms with E-state index in [1.54, 1.807) is 44.4 Å². The second kappa shape index (κ2) is 11.7. The summed E-state index contributed by atoms with van der Waals surface area (Å²) < 4.78 is 22.9. The van der Waals surface area contributed by atoms with Crippen LogP contribution in [0.15, 0.2) is 36.4 Å². The van der Waals surface area contributed by atoms with Gasteiger partial charge in [-0.15, -0.1) is 0 Å². The second-order valence-electron chi connectivity index (χ2n) is 7.62. The molecule has 0 atom stereocenters. The normalized spacial score (nSPS) is 11.3. The van der Waals surface area contributed by atoms with Crippen LogP contribution in [0.3, 0.4) is 0 Å². The van der Waals surface area contributed by atoms with E-state index >= 15 is 0 Å². The fourth-order valence-electron chi connectivity index (χ4n) is 3.35. The number of methoxy groups -OCH3 is 3. The van der Waals surface area contributed by atoms with Gasteiger partial charge in [0.15, 0.2) is 16.6 Å². The van der Waals surface area contributed by atoms with E-state index in [2.05, 4.69) is 0 Å². The molecule has 3 rings (SSSR count). The molecule has 1 heterocycles. The summed E-state index contributed by atoms with van der Waals surface area (Å²) in [5, 5.41) is 0.628. The zero-order valence-electron chi connectivity index (χ0n) is 20.5. The van der Waals surface area contributed by atoms with Gasteiger partial charge in [0.1, 0.15) is 11.3 Å². The molecule has 3 aromatic rings. The van der Waals surface area contributed by atoms with Crippen molar-refractivity contribution in [1.29, 1.82) is 0 Å². The Hall–Kier alpha value is -3.30. The van der Waals surface area contributed by atoms with Crippen LogP contribution in [0.1, 0.15) is 12.5 Å². The molecule has 1 aromatic heterocycles. The van der Waals surface area contributed by atoms with E-state index in [9.17, 15) is 4.79 Å². The molecule has 182 valence electrons. The Morgan fingerprint density at radius 2 is 1.74 bits per heavy atom. The summed E-state index contributed by atoms with van der Waals surface area (Å²) in [5.74, 6) is 2.09. The van der Waals surface area contributed by atoms with Gasteiger partial charge in [-0.25, -0.2) is 4.98 Å². The number of rotatable bonds is 11. The fourth-order valence-corrected chi connectivity index (χ4v) is 4.37. The Morgan fingerprint density at radius 3 is 2.32 bits per heavy atom. The number of aromatic nitrogens is 1. The highest BCUT2D eigenvalue weighted by molar-refractivity contribution is 7.22. The summed E-state index contributed by atoms with van der Waals surface area (Å²) in [6, 6.07) is 9.40. The lowest BCUT2D eigenvalue weighted by Crippen LogP contribution is -2.35. The van der Waals surface area contributed by atoms with Crippen LogP contribution < -0.4 is 23.8 Å². The zero-order chi connectivity index (χ0) is 24.7. The predicted molar refractivity (Wildman–Crippen MR) is 137 cm³/mol. The Bertz CT molecular complexity index is 1130. The summed E-state index contributed by atoms with van der Waals surface area (Å²) in [4.78, 5) is 21.8. The molecule has 8 nitrogen and oxygen atoms in total. The van der Waals surface area contributed by atoms with Gasteiger partial charge in [-0.2, -0.15) is 0 Å². The number of ether oxygens (including phenoxy) is 4. The van der Waals surface area contributed by atoms with E-state index in [-0.39, 0.29) is 5.91 Å². The standard InChI is InChI=1S/C25H31N3O5S/c1-7-33-18-9-8-10-21-23(18)26-25(34-21)28(14-13-27(2)3)22(29)12-11-17-15-19(30-4)24(32-6)20(16-17)31-5/h8-12,15-16H,7,13-14H2,1-6H3. The minimum atomic E-state index is -0.174. The Kier molecular flexibility index (Phi) is 8.72. The largest absolute Gasteiger partial charge is 0.493 e. The first-order valence-corrected chi connectivity index (χ1v) is 11.7. The summed E-state index contributed by atoms with van der Waals surface area (Å²) in [6.07, 6.45) is 3.26. The maximum Gasteiger partial charge on any atom is 0.252 e. The van der Waals surface area contributed by atoms with Crippen molar-refractivity contribution in [2.75, 3.05) is 60.0 Å². The first-order valence-electron chi connectivity index (χ1n) is 10.9. The third-order valence-electron chi connectivity index (χ3n) is 5.04. The molecule has 2 aromatic carbocycles. The van der Waals surface area contributed by atoms with Gasteiger partial charge in [-0.05, 0) is 56.9 Å². The molecule has 0 aliphatic carbocycles. The fraction of sp³-hybridized carbons (Fsp3) is 0.360. The first-order chi connectivity index (χ1) is 16.4. The van der Waals surface area contributed by atoms with Crippen LogP contribution in [0.2, 0.25) is 0 Å². The number of hydrogen-bond donors (Lipinski definition) is 0. The molecular formula is C25H31N3O5S. The number of nitrogens with zero attached hydrogens (tertiary/aromatic N) is 3. The van der Waals surface area contributed by atoms with Crippen molar-refractivity contribution in [3.8, 4) is 23.0 Å². The lowest BCUT2D eigenvalue weighted by molar-refractivity contribution is -0.114. The van der Waals surface area contributed by atoms with E-state index in [4.69, 9.17) is 23.9 Å². The molecule has 0 aliphatic rings. The van der Waals surface area contributed by atoms with E-state index in [1.165, 1.54) is 17.4 Å². The molecule has 34 heavy (non-hydrogen) atoms. The van der Waals surface area contributed by atoms with Crippen LogP contribution in [-0.4, -0.2) is 70.9 Å². The van der Waals surface area contributed by atoms with E-state index in [0.717, 1.165) is 21.5 Å². The molecule has 0 fully saturated rings. The Balaban J connectivity index is 1.94. The molecule has 0 bridgehead atoms. The lowest BCUT2D eigenvalue weighted by atomic mass is 10.1. The average molecular weight is 486 g/mol. The number of thiazole rings is 1. The van der Waals surface area contributed by atoms with Crippen molar-refractivity contribution in [3.05, 3.63) is 42.0 Å². The maximum absolute atomic E-state index is 13.3. The lowest BCUT2D eigenvalue weighted by Gasteiger charge is -2.20. The maximum atomic E-state index is 13.3. The molecule has 0 radical (unpaired) electrons. The van der Waals surface area contributed by atoms with Gasteiger partial charge < -0.3 is 23.8 Å². The Morgan fingerprint density at radius 1 is 1.03 bits per heavy atom. The van der Waals surface area contributed by atoms with Crippen LogP contribution >= 0.6 is 11.3 Å². The number of likely N-dealkylation sites (N-methyl/N-ethyl adjacent to an activating group) is 1. The van der Waals surface area contributed by atoms with Crippen LogP contribution in [0.25, 0.3) is 16.3 Å². The molecule has 1 amide bonds. The highest BCUT2D eigenvalue weighted by atomic mass is 32.1. The third-order valence-corrected chi connectivity index (χ3v) is 6.09. The molecule has 0 N–H and O–H groups in total. The number of carbonyl (C=O) groups is 1. The minimum absolute atomic E-state index is 0.174. The summed E-state index contributed by atoms with van der Waals surface area (Å²) in [7, 11) is 8.61. The highest BCUT2D eigenvalue weighted by Crippen LogP contribution is 2.38. The van der Waals surface area contributed by atoms with E-state index in [0.29, 0.717) is 42.1 Å². The van der Waals surface area contributed by atoms with Crippen molar-refractivity contribution in [1.82, 2.24) is 9.88 Å². The van der Waals surface area contributed by atoms with Crippen molar-refractivity contribution in [3.63, 3.8) is 0 Å². The molecule has 0 aliphatic heterocycles. The van der Waals surface area contributed by atoms with Crippen molar-refractivity contribution >= 4 is 38.7 Å². The number of fused-ring (bicyclic) bond motifs is 1. The zero-order valence-corrected chi connectivity index (χ0v) is 21.3.